The minimum atomic E-state index is -2.75. The highest BCUT2D eigenvalue weighted by Gasteiger charge is 2.27. The maximum absolute atomic E-state index is 12.0. The first-order valence-corrected chi connectivity index (χ1v) is 5.86. The Balaban J connectivity index is 1.98. The topological polar surface area (TPSA) is 21.3 Å². The fraction of sp³-hybridized carbons (Fsp3) is 0.538. The van der Waals surface area contributed by atoms with Crippen LogP contribution < -0.4 is 10.1 Å². The van der Waals surface area contributed by atoms with Crippen LogP contribution >= 0.6 is 0 Å². The molecule has 1 aliphatic rings. The molecular formula is C13H17F2NO. The van der Waals surface area contributed by atoms with E-state index in [-0.39, 0.29) is 11.3 Å². The molecule has 1 unspecified atom stereocenters. The molecule has 1 saturated heterocycles. The van der Waals surface area contributed by atoms with Gasteiger partial charge in [0.05, 0.1) is 0 Å². The van der Waals surface area contributed by atoms with Gasteiger partial charge in [0.15, 0.2) is 0 Å². The summed E-state index contributed by atoms with van der Waals surface area (Å²) in [5, 5.41) is 3.48. The summed E-state index contributed by atoms with van der Waals surface area (Å²) >= 11 is 0. The van der Waals surface area contributed by atoms with Gasteiger partial charge in [-0.05, 0) is 50.4 Å². The molecule has 1 heterocycles. The smallest absolute Gasteiger partial charge is 0.387 e. The Morgan fingerprint density at radius 1 is 1.35 bits per heavy atom. The first-order valence-electron chi connectivity index (χ1n) is 5.86. The van der Waals surface area contributed by atoms with Gasteiger partial charge in [-0.2, -0.15) is 8.78 Å². The Morgan fingerprint density at radius 2 is 2.06 bits per heavy atom. The van der Waals surface area contributed by atoms with Crippen molar-refractivity contribution in [2.75, 3.05) is 6.54 Å². The lowest BCUT2D eigenvalue weighted by molar-refractivity contribution is -0.0498. The van der Waals surface area contributed by atoms with Crippen LogP contribution in [0.1, 0.15) is 25.3 Å². The zero-order chi connectivity index (χ0) is 12.3. The van der Waals surface area contributed by atoms with Gasteiger partial charge >= 0.3 is 6.61 Å². The van der Waals surface area contributed by atoms with Gasteiger partial charge in [0.2, 0.25) is 0 Å². The molecule has 1 aromatic rings. The standard InChI is InChI=1S/C13H17F2NO/c1-13(7-2-8-16-13)9-10-3-5-11(6-4-10)17-12(14)15/h3-6,12,16H,2,7-9H2,1H3. The molecule has 0 aromatic heterocycles. The number of nitrogens with one attached hydrogen (secondary N) is 1. The average Bonchev–Trinajstić information content (AvgIpc) is 2.67. The molecule has 2 nitrogen and oxygen atoms in total. The minimum absolute atomic E-state index is 0.144. The third kappa shape index (κ3) is 3.40. The first-order chi connectivity index (χ1) is 8.07. The molecule has 1 N–H and O–H groups in total. The zero-order valence-electron chi connectivity index (χ0n) is 9.88. The van der Waals surface area contributed by atoms with Crippen molar-refractivity contribution in [3.05, 3.63) is 29.8 Å². The fourth-order valence-corrected chi connectivity index (χ4v) is 2.35. The Hall–Kier alpha value is -1.16. The molecule has 1 atom stereocenters. The van der Waals surface area contributed by atoms with Crippen molar-refractivity contribution in [1.82, 2.24) is 5.32 Å². The van der Waals surface area contributed by atoms with Gasteiger partial charge in [-0.25, -0.2) is 0 Å². The van der Waals surface area contributed by atoms with Crippen molar-refractivity contribution in [3.63, 3.8) is 0 Å². The molecule has 4 heteroatoms. The van der Waals surface area contributed by atoms with E-state index in [2.05, 4.69) is 17.0 Å². The van der Waals surface area contributed by atoms with Gasteiger partial charge < -0.3 is 10.1 Å². The van der Waals surface area contributed by atoms with E-state index in [4.69, 9.17) is 0 Å². The molecule has 17 heavy (non-hydrogen) atoms. The third-order valence-corrected chi connectivity index (χ3v) is 3.20. The molecule has 1 aromatic carbocycles. The van der Waals surface area contributed by atoms with Crippen molar-refractivity contribution in [2.45, 2.75) is 38.3 Å². The van der Waals surface area contributed by atoms with Crippen molar-refractivity contribution < 1.29 is 13.5 Å². The molecule has 0 amide bonds. The molecule has 0 spiro atoms. The van der Waals surface area contributed by atoms with E-state index in [0.29, 0.717) is 0 Å². The van der Waals surface area contributed by atoms with Crippen molar-refractivity contribution in [3.8, 4) is 5.75 Å². The maximum Gasteiger partial charge on any atom is 0.387 e. The summed E-state index contributed by atoms with van der Waals surface area (Å²) in [6.07, 6.45) is 3.27. The van der Waals surface area contributed by atoms with Crippen LogP contribution in [0.2, 0.25) is 0 Å². The molecule has 94 valence electrons. The highest BCUT2D eigenvalue weighted by molar-refractivity contribution is 5.28. The fourth-order valence-electron chi connectivity index (χ4n) is 2.35. The number of halogens is 2. The average molecular weight is 241 g/mol. The van der Waals surface area contributed by atoms with Gasteiger partial charge in [-0.1, -0.05) is 12.1 Å². The van der Waals surface area contributed by atoms with Crippen LogP contribution in [-0.4, -0.2) is 18.7 Å². The summed E-state index contributed by atoms with van der Waals surface area (Å²) < 4.78 is 28.3. The van der Waals surface area contributed by atoms with Crippen LogP contribution in [-0.2, 0) is 6.42 Å². The number of benzene rings is 1. The van der Waals surface area contributed by atoms with Crippen molar-refractivity contribution in [2.24, 2.45) is 0 Å². The van der Waals surface area contributed by atoms with E-state index < -0.39 is 6.61 Å². The molecule has 1 fully saturated rings. The van der Waals surface area contributed by atoms with Crippen LogP contribution in [0.25, 0.3) is 0 Å². The number of hydrogen-bond donors (Lipinski definition) is 1. The Labute approximate surface area is 100.0 Å². The van der Waals surface area contributed by atoms with Gasteiger partial charge in [0, 0.05) is 5.54 Å². The molecule has 0 radical (unpaired) electrons. The van der Waals surface area contributed by atoms with E-state index in [9.17, 15) is 8.78 Å². The predicted octanol–water partition coefficient (Wildman–Crippen LogP) is 2.97. The van der Waals surface area contributed by atoms with Crippen LogP contribution in [0.5, 0.6) is 5.75 Å². The quantitative estimate of drug-likeness (QED) is 0.875. The maximum atomic E-state index is 12.0. The predicted molar refractivity (Wildman–Crippen MR) is 62.4 cm³/mol. The third-order valence-electron chi connectivity index (χ3n) is 3.20. The second-order valence-electron chi connectivity index (χ2n) is 4.79. The summed E-state index contributed by atoms with van der Waals surface area (Å²) in [6, 6.07) is 6.89. The van der Waals surface area contributed by atoms with Gasteiger partial charge in [-0.3, -0.25) is 0 Å². The number of hydrogen-bond acceptors (Lipinski definition) is 2. The lowest BCUT2D eigenvalue weighted by Gasteiger charge is -2.24. The Kier molecular flexibility index (Phi) is 3.62. The van der Waals surface area contributed by atoms with E-state index >= 15 is 0 Å². The zero-order valence-corrected chi connectivity index (χ0v) is 9.88. The van der Waals surface area contributed by atoms with Crippen LogP contribution in [0.4, 0.5) is 8.78 Å². The second kappa shape index (κ2) is 5.00. The highest BCUT2D eigenvalue weighted by Crippen LogP contribution is 2.24. The highest BCUT2D eigenvalue weighted by atomic mass is 19.3. The summed E-state index contributed by atoms with van der Waals surface area (Å²) in [7, 11) is 0. The van der Waals surface area contributed by atoms with Gasteiger partial charge in [0.25, 0.3) is 0 Å². The lowest BCUT2D eigenvalue weighted by Crippen LogP contribution is -2.38. The van der Waals surface area contributed by atoms with E-state index in [0.717, 1.165) is 24.9 Å². The number of ether oxygens (including phenoxy) is 1. The minimum Gasteiger partial charge on any atom is -0.435 e. The first kappa shape index (κ1) is 12.3. The van der Waals surface area contributed by atoms with E-state index in [1.54, 1.807) is 12.1 Å². The molecule has 1 aliphatic heterocycles. The molecule has 0 bridgehead atoms. The summed E-state index contributed by atoms with van der Waals surface area (Å²) in [4.78, 5) is 0. The number of rotatable bonds is 4. The molecule has 0 aliphatic carbocycles. The van der Waals surface area contributed by atoms with Crippen LogP contribution in [0, 0.1) is 0 Å². The van der Waals surface area contributed by atoms with E-state index in [1.807, 2.05) is 12.1 Å². The normalized spacial score (nSPS) is 24.2. The summed E-state index contributed by atoms with van der Waals surface area (Å²) in [6.45, 7) is 0.502. The summed E-state index contributed by atoms with van der Waals surface area (Å²) in [5.41, 5.74) is 1.29. The second-order valence-corrected chi connectivity index (χ2v) is 4.79. The monoisotopic (exact) mass is 241 g/mol. The largest absolute Gasteiger partial charge is 0.435 e. The van der Waals surface area contributed by atoms with Crippen LogP contribution in [0.3, 0.4) is 0 Å². The Morgan fingerprint density at radius 3 is 2.59 bits per heavy atom. The molecule has 0 saturated carbocycles. The van der Waals surface area contributed by atoms with Crippen molar-refractivity contribution in [1.29, 1.82) is 0 Å². The van der Waals surface area contributed by atoms with Crippen molar-refractivity contribution >= 4 is 0 Å². The Bertz CT molecular complexity index is 358. The van der Waals surface area contributed by atoms with Gasteiger partial charge in [0.1, 0.15) is 5.75 Å². The van der Waals surface area contributed by atoms with Crippen LogP contribution in [0.15, 0.2) is 24.3 Å². The summed E-state index contributed by atoms with van der Waals surface area (Å²) in [5.74, 6) is 0.216. The lowest BCUT2D eigenvalue weighted by atomic mass is 9.91. The number of alkyl halides is 2. The van der Waals surface area contributed by atoms with E-state index in [1.165, 1.54) is 6.42 Å². The molecular weight excluding hydrogens is 224 g/mol. The molecule has 2 rings (SSSR count). The van der Waals surface area contributed by atoms with Gasteiger partial charge in [-0.15, -0.1) is 0 Å². The SMILES string of the molecule is CC1(Cc2ccc(OC(F)F)cc2)CCCN1.